The van der Waals surface area contributed by atoms with Crippen LogP contribution >= 0.6 is 0 Å². The molecule has 1 nitrogen and oxygen atoms in total. The highest BCUT2D eigenvalue weighted by Gasteiger charge is 2.17. The summed E-state index contributed by atoms with van der Waals surface area (Å²) in [5, 5.41) is 9.42. The molecule has 0 fully saturated rings. The fourth-order valence-corrected chi connectivity index (χ4v) is 0.777. The normalized spacial score (nSPS) is 32.6. The van der Waals surface area contributed by atoms with E-state index in [4.69, 9.17) is 0 Å². The van der Waals surface area contributed by atoms with Crippen molar-refractivity contribution in [1.82, 2.24) is 0 Å². The monoisotopic (exact) mass is 122 g/mol. The molecule has 1 N–H and O–H groups in total. The van der Waals surface area contributed by atoms with Crippen molar-refractivity contribution < 1.29 is 5.11 Å². The van der Waals surface area contributed by atoms with Gasteiger partial charge in [-0.1, -0.05) is 30.9 Å². The van der Waals surface area contributed by atoms with Crippen LogP contribution in [0.25, 0.3) is 0 Å². The second-order valence-electron chi connectivity index (χ2n) is 2.19. The molecule has 0 heterocycles. The highest BCUT2D eigenvalue weighted by molar-refractivity contribution is 5.22. The predicted octanol–water partition coefficient (Wildman–Crippen LogP) is 1.42. The lowest BCUT2D eigenvalue weighted by atomic mass is 9.96. The summed E-state index contributed by atoms with van der Waals surface area (Å²) in [6.07, 6.45) is 9.59. The van der Waals surface area contributed by atoms with Gasteiger partial charge in [0.05, 0.1) is 0 Å². The third kappa shape index (κ3) is 1.30. The Morgan fingerprint density at radius 2 is 2.33 bits per heavy atom. The average Bonchev–Trinajstić information content (AvgIpc) is 1.90. The lowest BCUT2D eigenvalue weighted by Gasteiger charge is -2.19. The maximum Gasteiger partial charge on any atom is 0.104 e. The second-order valence-corrected chi connectivity index (χ2v) is 2.19. The lowest BCUT2D eigenvalue weighted by Crippen LogP contribution is -2.22. The Morgan fingerprint density at radius 1 is 1.56 bits per heavy atom. The van der Waals surface area contributed by atoms with Crippen molar-refractivity contribution in [3.05, 3.63) is 37.0 Å². The predicted molar refractivity (Wildman–Crippen MR) is 38.0 cm³/mol. The van der Waals surface area contributed by atoms with Crippen LogP contribution in [0, 0.1) is 0 Å². The molecule has 1 rings (SSSR count). The third-order valence-corrected chi connectivity index (χ3v) is 1.43. The van der Waals surface area contributed by atoms with Crippen LogP contribution in [0.4, 0.5) is 0 Å². The standard InChI is InChI=1S/C8H10O/c1-2-8(9)6-4-3-5-7-8/h2-6,9H,1,7H2. The van der Waals surface area contributed by atoms with Gasteiger partial charge in [0.15, 0.2) is 0 Å². The summed E-state index contributed by atoms with van der Waals surface area (Å²) in [6.45, 7) is 3.52. The van der Waals surface area contributed by atoms with Gasteiger partial charge >= 0.3 is 0 Å². The van der Waals surface area contributed by atoms with E-state index in [-0.39, 0.29) is 0 Å². The van der Waals surface area contributed by atoms with E-state index in [0.717, 1.165) is 0 Å². The Bertz CT molecular complexity index is 167. The highest BCUT2D eigenvalue weighted by Crippen LogP contribution is 2.17. The van der Waals surface area contributed by atoms with Gasteiger partial charge in [-0.3, -0.25) is 0 Å². The zero-order valence-electron chi connectivity index (χ0n) is 5.25. The molecule has 1 aliphatic carbocycles. The minimum Gasteiger partial charge on any atom is -0.381 e. The molecule has 0 aromatic rings. The second kappa shape index (κ2) is 2.19. The van der Waals surface area contributed by atoms with Crippen molar-refractivity contribution in [2.75, 3.05) is 0 Å². The van der Waals surface area contributed by atoms with Gasteiger partial charge in [0.25, 0.3) is 0 Å². The van der Waals surface area contributed by atoms with Gasteiger partial charge in [-0.15, -0.1) is 0 Å². The highest BCUT2D eigenvalue weighted by atomic mass is 16.3. The molecule has 0 aromatic carbocycles. The first-order chi connectivity index (χ1) is 4.27. The van der Waals surface area contributed by atoms with E-state index in [0.29, 0.717) is 6.42 Å². The topological polar surface area (TPSA) is 20.2 Å². The van der Waals surface area contributed by atoms with Crippen LogP contribution in [0.3, 0.4) is 0 Å². The van der Waals surface area contributed by atoms with Gasteiger partial charge in [0.2, 0.25) is 0 Å². The molecule has 0 aromatic heterocycles. The Balaban J connectivity index is 2.73. The van der Waals surface area contributed by atoms with Gasteiger partial charge < -0.3 is 5.11 Å². The van der Waals surface area contributed by atoms with Crippen molar-refractivity contribution in [2.24, 2.45) is 0 Å². The van der Waals surface area contributed by atoms with E-state index in [1.54, 1.807) is 12.2 Å². The summed E-state index contributed by atoms with van der Waals surface area (Å²) in [6, 6.07) is 0. The molecule has 1 aliphatic rings. The van der Waals surface area contributed by atoms with E-state index in [1.807, 2.05) is 18.2 Å². The molecule has 9 heavy (non-hydrogen) atoms. The Hall–Kier alpha value is -0.820. The van der Waals surface area contributed by atoms with Crippen LogP contribution in [-0.4, -0.2) is 10.7 Å². The first-order valence-corrected chi connectivity index (χ1v) is 2.97. The third-order valence-electron chi connectivity index (χ3n) is 1.43. The Kier molecular flexibility index (Phi) is 1.54. The minimum absolute atomic E-state index is 0.646. The zero-order valence-corrected chi connectivity index (χ0v) is 5.25. The van der Waals surface area contributed by atoms with Gasteiger partial charge in [0, 0.05) is 6.42 Å². The lowest BCUT2D eigenvalue weighted by molar-refractivity contribution is 0.145. The van der Waals surface area contributed by atoms with E-state index >= 15 is 0 Å². The largest absolute Gasteiger partial charge is 0.381 e. The van der Waals surface area contributed by atoms with Gasteiger partial charge in [-0.05, 0) is 6.08 Å². The van der Waals surface area contributed by atoms with Crippen LogP contribution in [0.5, 0.6) is 0 Å². The smallest absolute Gasteiger partial charge is 0.104 e. The Morgan fingerprint density at radius 3 is 2.67 bits per heavy atom. The quantitative estimate of drug-likeness (QED) is 0.521. The molecule has 1 heteroatoms. The molecule has 0 amide bonds. The molecule has 0 saturated carbocycles. The summed E-state index contributed by atoms with van der Waals surface area (Å²) in [5.41, 5.74) is -0.783. The maximum absolute atomic E-state index is 9.42. The van der Waals surface area contributed by atoms with E-state index < -0.39 is 5.60 Å². The molecule has 1 unspecified atom stereocenters. The minimum atomic E-state index is -0.783. The summed E-state index contributed by atoms with van der Waals surface area (Å²) in [5.74, 6) is 0. The summed E-state index contributed by atoms with van der Waals surface area (Å²) < 4.78 is 0. The van der Waals surface area contributed by atoms with Crippen molar-refractivity contribution in [3.8, 4) is 0 Å². The molecule has 0 spiro atoms. The number of rotatable bonds is 1. The van der Waals surface area contributed by atoms with Crippen LogP contribution in [0.1, 0.15) is 6.42 Å². The first kappa shape index (κ1) is 6.30. The molecule has 0 bridgehead atoms. The van der Waals surface area contributed by atoms with E-state index in [1.165, 1.54) is 0 Å². The van der Waals surface area contributed by atoms with Crippen molar-refractivity contribution in [1.29, 1.82) is 0 Å². The SMILES string of the molecule is C=CC1(O)C=CC=CC1. The van der Waals surface area contributed by atoms with Crippen molar-refractivity contribution in [2.45, 2.75) is 12.0 Å². The number of hydrogen-bond donors (Lipinski definition) is 1. The number of aliphatic hydroxyl groups is 1. The zero-order chi connectivity index (χ0) is 6.74. The Labute approximate surface area is 55.0 Å². The summed E-state index contributed by atoms with van der Waals surface area (Å²) >= 11 is 0. The molecular formula is C8H10O. The summed E-state index contributed by atoms with van der Waals surface area (Å²) in [4.78, 5) is 0. The van der Waals surface area contributed by atoms with Gasteiger partial charge in [-0.2, -0.15) is 0 Å². The first-order valence-electron chi connectivity index (χ1n) is 2.97. The van der Waals surface area contributed by atoms with Crippen LogP contribution in [-0.2, 0) is 0 Å². The molecule has 0 aliphatic heterocycles. The van der Waals surface area contributed by atoms with Gasteiger partial charge in [-0.25, -0.2) is 0 Å². The molecule has 0 saturated heterocycles. The molecule has 48 valence electrons. The van der Waals surface area contributed by atoms with Crippen molar-refractivity contribution in [3.63, 3.8) is 0 Å². The average molecular weight is 122 g/mol. The molecule has 0 radical (unpaired) electrons. The van der Waals surface area contributed by atoms with Gasteiger partial charge in [0.1, 0.15) is 5.60 Å². The molecular weight excluding hydrogens is 112 g/mol. The van der Waals surface area contributed by atoms with Crippen LogP contribution in [0.2, 0.25) is 0 Å². The molecule has 1 atom stereocenters. The fourth-order valence-electron chi connectivity index (χ4n) is 0.777. The van der Waals surface area contributed by atoms with Crippen LogP contribution < -0.4 is 0 Å². The van der Waals surface area contributed by atoms with E-state index in [2.05, 4.69) is 6.58 Å². The number of allylic oxidation sites excluding steroid dienone is 2. The van der Waals surface area contributed by atoms with Crippen molar-refractivity contribution >= 4 is 0 Å². The summed E-state index contributed by atoms with van der Waals surface area (Å²) in [7, 11) is 0. The fraction of sp³-hybridized carbons (Fsp3) is 0.250. The van der Waals surface area contributed by atoms with E-state index in [9.17, 15) is 5.11 Å². The maximum atomic E-state index is 9.42. The van der Waals surface area contributed by atoms with Crippen LogP contribution in [0.15, 0.2) is 37.0 Å². The number of hydrogen-bond acceptors (Lipinski definition) is 1.